The Morgan fingerprint density at radius 3 is 2.34 bits per heavy atom. The summed E-state index contributed by atoms with van der Waals surface area (Å²) in [7, 11) is 1.27. The van der Waals surface area contributed by atoms with Crippen LogP contribution in [-0.4, -0.2) is 76.4 Å². The standard InChI is InChI=1S/C30H25ClN4O5.C3H8O/c1-40-30(39)27-26(22-14-18(31)10-11-23(22)32-27)33-25(36)16-34-13-12-17-6-2-3-7-19(17)24(34)15-35-28(37)20-8-4-5-9-21(20)29(35)38;1-3(2)4/h2-11,14,24,32H,12-13,15-16H2,1H3,(H,33,36);3-4H,1-2H3. The number of benzene rings is 3. The molecule has 4 aromatic rings. The fourth-order valence-electron chi connectivity index (χ4n) is 5.60. The van der Waals surface area contributed by atoms with Crippen molar-refractivity contribution in [1.29, 1.82) is 0 Å². The number of ether oxygens (including phenoxy) is 1. The Bertz CT molecular complexity index is 1710. The summed E-state index contributed by atoms with van der Waals surface area (Å²) in [6, 6.07) is 19.3. The molecule has 0 radical (unpaired) electrons. The van der Waals surface area contributed by atoms with E-state index in [0.29, 0.717) is 40.0 Å². The number of H-pyrrole nitrogens is 1. The summed E-state index contributed by atoms with van der Waals surface area (Å²) in [6.07, 6.45) is 0.540. The number of nitrogens with zero attached hydrogens (tertiary/aromatic N) is 2. The highest BCUT2D eigenvalue weighted by Gasteiger charge is 2.39. The molecule has 0 fully saturated rings. The van der Waals surface area contributed by atoms with Crippen molar-refractivity contribution in [3.63, 3.8) is 0 Å². The van der Waals surface area contributed by atoms with E-state index in [4.69, 9.17) is 21.4 Å². The van der Waals surface area contributed by atoms with Crippen LogP contribution in [0.3, 0.4) is 0 Å². The van der Waals surface area contributed by atoms with Crippen LogP contribution in [0.15, 0.2) is 66.7 Å². The number of carbonyl (C=O) groups excluding carboxylic acids is 4. The van der Waals surface area contributed by atoms with Crippen molar-refractivity contribution in [2.24, 2.45) is 0 Å². The third kappa shape index (κ3) is 6.23. The summed E-state index contributed by atoms with van der Waals surface area (Å²) in [5.74, 6) is -1.67. The number of nitrogens with one attached hydrogen (secondary N) is 2. The number of amides is 3. The molecule has 3 amide bonds. The van der Waals surface area contributed by atoms with Crippen molar-refractivity contribution in [2.45, 2.75) is 32.4 Å². The normalized spacial score (nSPS) is 16.0. The van der Waals surface area contributed by atoms with E-state index in [1.54, 1.807) is 56.3 Å². The molecule has 2 aliphatic rings. The van der Waals surface area contributed by atoms with Gasteiger partial charge >= 0.3 is 5.97 Å². The first-order valence-electron chi connectivity index (χ1n) is 14.2. The third-order valence-electron chi connectivity index (χ3n) is 7.52. The van der Waals surface area contributed by atoms with E-state index in [2.05, 4.69) is 10.3 Å². The summed E-state index contributed by atoms with van der Waals surface area (Å²) < 4.78 is 4.91. The maximum Gasteiger partial charge on any atom is 0.356 e. The number of rotatable bonds is 6. The van der Waals surface area contributed by atoms with Crippen molar-refractivity contribution >= 4 is 51.9 Å². The van der Waals surface area contributed by atoms with Gasteiger partial charge in [0.2, 0.25) is 5.91 Å². The number of halogens is 1. The van der Waals surface area contributed by atoms with Crippen molar-refractivity contribution in [3.05, 3.63) is 99.7 Å². The number of esters is 1. The first kappa shape index (κ1) is 30.9. The van der Waals surface area contributed by atoms with Gasteiger partial charge in [-0.05, 0) is 61.7 Å². The van der Waals surface area contributed by atoms with E-state index in [1.807, 2.05) is 29.2 Å². The van der Waals surface area contributed by atoms with E-state index in [9.17, 15) is 19.2 Å². The van der Waals surface area contributed by atoms with Gasteiger partial charge in [0.15, 0.2) is 0 Å². The van der Waals surface area contributed by atoms with E-state index < -0.39 is 12.0 Å². The molecule has 228 valence electrons. The third-order valence-corrected chi connectivity index (χ3v) is 7.75. The van der Waals surface area contributed by atoms with Gasteiger partial charge in [0.25, 0.3) is 11.8 Å². The molecule has 0 saturated carbocycles. The number of anilines is 1. The average Bonchev–Trinajstić information content (AvgIpc) is 3.47. The maximum atomic E-state index is 13.5. The molecule has 10 nitrogen and oxygen atoms in total. The molecule has 3 heterocycles. The number of hydrogen-bond acceptors (Lipinski definition) is 7. The lowest BCUT2D eigenvalue weighted by Crippen LogP contribution is -2.46. The minimum absolute atomic E-state index is 0.0317. The fraction of sp³-hybridized carbons (Fsp3) is 0.273. The minimum atomic E-state index is -0.627. The lowest BCUT2D eigenvalue weighted by molar-refractivity contribution is -0.118. The van der Waals surface area contributed by atoms with Crippen molar-refractivity contribution in [2.75, 3.05) is 32.1 Å². The minimum Gasteiger partial charge on any atom is -0.464 e. The second-order valence-corrected chi connectivity index (χ2v) is 11.3. The number of aromatic amines is 1. The number of hydrogen-bond donors (Lipinski definition) is 3. The Balaban J connectivity index is 0.000000906. The molecule has 0 saturated heterocycles. The Labute approximate surface area is 259 Å². The van der Waals surface area contributed by atoms with Gasteiger partial charge in [-0.2, -0.15) is 0 Å². The molecule has 2 aliphatic heterocycles. The Kier molecular flexibility index (Phi) is 9.14. The Morgan fingerprint density at radius 1 is 1.05 bits per heavy atom. The second kappa shape index (κ2) is 13.0. The van der Waals surface area contributed by atoms with Crippen LogP contribution in [0.1, 0.15) is 62.2 Å². The van der Waals surface area contributed by atoms with Crippen LogP contribution in [0.5, 0.6) is 0 Å². The summed E-state index contributed by atoms with van der Waals surface area (Å²) in [5.41, 5.74) is 3.86. The quantitative estimate of drug-likeness (QED) is 0.209. The highest BCUT2D eigenvalue weighted by Crippen LogP contribution is 2.34. The SMILES string of the molecule is CC(C)O.COC(=O)c1[nH]c2ccc(Cl)cc2c1NC(=O)CN1CCc2ccccc2C1CN1C(=O)c2ccccc2C1=O. The van der Waals surface area contributed by atoms with Crippen molar-refractivity contribution in [1.82, 2.24) is 14.8 Å². The van der Waals surface area contributed by atoms with Gasteiger partial charge in [0.05, 0.1) is 36.5 Å². The summed E-state index contributed by atoms with van der Waals surface area (Å²) in [4.78, 5) is 58.5. The highest BCUT2D eigenvalue weighted by atomic mass is 35.5. The zero-order chi connectivity index (χ0) is 31.5. The fourth-order valence-corrected chi connectivity index (χ4v) is 5.77. The largest absolute Gasteiger partial charge is 0.464 e. The van der Waals surface area contributed by atoms with Gasteiger partial charge in [-0.25, -0.2) is 4.79 Å². The van der Waals surface area contributed by atoms with Gasteiger partial charge < -0.3 is 20.1 Å². The van der Waals surface area contributed by atoms with Crippen LogP contribution >= 0.6 is 11.6 Å². The zero-order valence-corrected chi connectivity index (χ0v) is 25.4. The molecule has 1 aromatic heterocycles. The highest BCUT2D eigenvalue weighted by molar-refractivity contribution is 6.31. The molecule has 1 atom stereocenters. The van der Waals surface area contributed by atoms with E-state index >= 15 is 0 Å². The van der Waals surface area contributed by atoms with Crippen LogP contribution in [0.2, 0.25) is 5.02 Å². The lowest BCUT2D eigenvalue weighted by Gasteiger charge is -2.38. The molecular weight excluding hydrogens is 584 g/mol. The van der Waals surface area contributed by atoms with Crippen LogP contribution in [-0.2, 0) is 16.0 Å². The number of methoxy groups -OCH3 is 1. The number of carbonyl (C=O) groups is 4. The summed E-state index contributed by atoms with van der Waals surface area (Å²) in [6.45, 7) is 4.06. The van der Waals surface area contributed by atoms with Crippen LogP contribution in [0.4, 0.5) is 5.69 Å². The molecule has 0 spiro atoms. The van der Waals surface area contributed by atoms with Gasteiger partial charge in [0, 0.05) is 35.1 Å². The molecule has 11 heteroatoms. The van der Waals surface area contributed by atoms with E-state index in [1.165, 1.54) is 12.0 Å². The summed E-state index contributed by atoms with van der Waals surface area (Å²) in [5, 5.41) is 12.0. The van der Waals surface area contributed by atoms with Gasteiger partial charge in [0.1, 0.15) is 5.69 Å². The predicted molar refractivity (Wildman–Crippen MR) is 167 cm³/mol. The first-order chi connectivity index (χ1) is 21.1. The smallest absolute Gasteiger partial charge is 0.356 e. The second-order valence-electron chi connectivity index (χ2n) is 10.9. The summed E-state index contributed by atoms with van der Waals surface area (Å²) >= 11 is 6.20. The van der Waals surface area contributed by atoms with E-state index in [-0.39, 0.29) is 48.3 Å². The van der Waals surface area contributed by atoms with Gasteiger partial charge in [-0.3, -0.25) is 24.2 Å². The first-order valence-corrected chi connectivity index (χ1v) is 14.6. The van der Waals surface area contributed by atoms with Crippen LogP contribution < -0.4 is 5.32 Å². The molecule has 3 N–H and O–H groups in total. The zero-order valence-electron chi connectivity index (χ0n) is 24.6. The topological polar surface area (TPSA) is 132 Å². The number of imide groups is 1. The van der Waals surface area contributed by atoms with Crippen molar-refractivity contribution < 1.29 is 29.0 Å². The molecule has 44 heavy (non-hydrogen) atoms. The molecule has 6 rings (SSSR count). The Hall–Kier alpha value is -4.51. The monoisotopic (exact) mass is 616 g/mol. The lowest BCUT2D eigenvalue weighted by atomic mass is 9.92. The van der Waals surface area contributed by atoms with E-state index in [0.717, 1.165) is 11.1 Å². The van der Waals surface area contributed by atoms with Crippen molar-refractivity contribution in [3.8, 4) is 0 Å². The molecule has 0 bridgehead atoms. The maximum absolute atomic E-state index is 13.5. The van der Waals surface area contributed by atoms with Gasteiger partial charge in [-0.15, -0.1) is 0 Å². The molecule has 3 aromatic carbocycles. The molecule has 1 unspecified atom stereocenters. The number of fused-ring (bicyclic) bond motifs is 3. The molecule has 0 aliphatic carbocycles. The average molecular weight is 617 g/mol. The van der Waals surface area contributed by atoms with Gasteiger partial charge in [-0.1, -0.05) is 48.0 Å². The van der Waals surface area contributed by atoms with Crippen LogP contribution in [0.25, 0.3) is 10.9 Å². The van der Waals surface area contributed by atoms with Crippen LogP contribution in [0, 0.1) is 0 Å². The number of aliphatic hydroxyl groups excluding tert-OH is 1. The number of aromatic nitrogens is 1. The number of aliphatic hydroxyl groups is 1. The predicted octanol–water partition coefficient (Wildman–Crippen LogP) is 4.83. The molecular formula is C33H33ClN4O6. The Morgan fingerprint density at radius 2 is 1.68 bits per heavy atom.